The lowest BCUT2D eigenvalue weighted by atomic mass is 9.81. The Labute approximate surface area is 219 Å². The molecule has 38 heavy (non-hydrogen) atoms. The van der Waals surface area contributed by atoms with Crippen molar-refractivity contribution in [3.05, 3.63) is 88.5 Å². The number of likely N-dealkylation sites (tertiary alicyclic amines) is 1. The highest BCUT2D eigenvalue weighted by molar-refractivity contribution is 6.11. The number of ketones is 1. The number of likely N-dealkylation sites (N-methyl/N-ethyl adjacent to an activating group) is 1. The van der Waals surface area contributed by atoms with Gasteiger partial charge < -0.3 is 24.8 Å². The summed E-state index contributed by atoms with van der Waals surface area (Å²) < 4.78 is 25.4. The molecule has 0 spiro atoms. The van der Waals surface area contributed by atoms with E-state index in [-0.39, 0.29) is 34.1 Å². The number of piperidine rings is 1. The van der Waals surface area contributed by atoms with Gasteiger partial charge in [0.25, 0.3) is 5.91 Å². The van der Waals surface area contributed by atoms with Crippen molar-refractivity contribution in [3.63, 3.8) is 0 Å². The zero-order chi connectivity index (χ0) is 27.4. The van der Waals surface area contributed by atoms with Gasteiger partial charge in [-0.1, -0.05) is 6.07 Å². The SMILES string of the molecule is COc1ccc(OC)c(C(=O)c2ccc(C(=O)O)c(C3CCN(C)C[C@@H]3NC(=O)c3ccncc3)c2)c1F. The number of nitrogens with zero attached hydrogens (tertiary/aromatic N) is 2. The number of ether oxygens (including phenoxy) is 2. The minimum atomic E-state index is -1.16. The van der Waals surface area contributed by atoms with Crippen LogP contribution in [0.1, 0.15) is 54.5 Å². The number of benzene rings is 2. The lowest BCUT2D eigenvalue weighted by Gasteiger charge is -2.38. The lowest BCUT2D eigenvalue weighted by molar-refractivity contribution is 0.0693. The second-order valence-electron chi connectivity index (χ2n) is 9.07. The molecule has 1 fully saturated rings. The molecular weight excluding hydrogens is 493 g/mol. The molecular formula is C28H28FN3O6. The van der Waals surface area contributed by atoms with E-state index >= 15 is 4.39 Å². The van der Waals surface area contributed by atoms with Crippen molar-refractivity contribution in [2.45, 2.75) is 18.4 Å². The van der Waals surface area contributed by atoms with Crippen LogP contribution in [0, 0.1) is 5.82 Å². The molecule has 2 atom stereocenters. The van der Waals surface area contributed by atoms with Crippen LogP contribution in [0.25, 0.3) is 0 Å². The van der Waals surface area contributed by atoms with Crippen LogP contribution in [-0.2, 0) is 0 Å². The number of hydrogen-bond acceptors (Lipinski definition) is 7. The number of carboxylic acids is 1. The third-order valence-electron chi connectivity index (χ3n) is 6.75. The number of pyridine rings is 1. The zero-order valence-corrected chi connectivity index (χ0v) is 21.2. The average Bonchev–Trinajstić information content (AvgIpc) is 2.92. The van der Waals surface area contributed by atoms with Crippen LogP contribution in [0.15, 0.2) is 54.9 Å². The van der Waals surface area contributed by atoms with Gasteiger partial charge in [0.15, 0.2) is 17.3 Å². The molecule has 1 saturated heterocycles. The molecule has 1 aromatic heterocycles. The first-order valence-corrected chi connectivity index (χ1v) is 12.0. The molecule has 0 radical (unpaired) electrons. The van der Waals surface area contributed by atoms with E-state index in [1.165, 1.54) is 56.9 Å². The minimum absolute atomic E-state index is 0.0114. The number of aromatic nitrogens is 1. The Morgan fingerprint density at radius 1 is 1.03 bits per heavy atom. The molecule has 9 nitrogen and oxygen atoms in total. The van der Waals surface area contributed by atoms with Crippen LogP contribution in [0.2, 0.25) is 0 Å². The van der Waals surface area contributed by atoms with Crippen molar-refractivity contribution in [3.8, 4) is 11.5 Å². The van der Waals surface area contributed by atoms with Crippen LogP contribution < -0.4 is 14.8 Å². The molecule has 10 heteroatoms. The largest absolute Gasteiger partial charge is 0.496 e. The van der Waals surface area contributed by atoms with Crippen LogP contribution in [0.3, 0.4) is 0 Å². The Bertz CT molecular complexity index is 1360. The van der Waals surface area contributed by atoms with Crippen molar-refractivity contribution in [2.24, 2.45) is 0 Å². The summed E-state index contributed by atoms with van der Waals surface area (Å²) in [6, 6.07) is 9.71. The number of rotatable bonds is 8. The highest BCUT2D eigenvalue weighted by atomic mass is 19.1. The fourth-order valence-electron chi connectivity index (χ4n) is 4.82. The monoisotopic (exact) mass is 521 g/mol. The number of methoxy groups -OCH3 is 2. The van der Waals surface area contributed by atoms with Gasteiger partial charge in [-0.2, -0.15) is 0 Å². The summed E-state index contributed by atoms with van der Waals surface area (Å²) >= 11 is 0. The normalized spacial score (nSPS) is 17.5. The Kier molecular flexibility index (Phi) is 8.02. The van der Waals surface area contributed by atoms with E-state index in [1.54, 1.807) is 12.1 Å². The van der Waals surface area contributed by atoms with Crippen molar-refractivity contribution in [2.75, 3.05) is 34.4 Å². The van der Waals surface area contributed by atoms with Gasteiger partial charge in [-0.05, 0) is 62.0 Å². The van der Waals surface area contributed by atoms with Gasteiger partial charge in [-0.25, -0.2) is 9.18 Å². The van der Waals surface area contributed by atoms with Crippen LogP contribution in [0.4, 0.5) is 4.39 Å². The van der Waals surface area contributed by atoms with Crippen molar-refractivity contribution < 1.29 is 33.4 Å². The summed E-state index contributed by atoms with van der Waals surface area (Å²) in [5, 5.41) is 13.0. The second-order valence-corrected chi connectivity index (χ2v) is 9.07. The van der Waals surface area contributed by atoms with Crippen molar-refractivity contribution >= 4 is 17.7 Å². The van der Waals surface area contributed by atoms with Gasteiger partial charge in [-0.3, -0.25) is 14.6 Å². The average molecular weight is 522 g/mol. The summed E-state index contributed by atoms with van der Waals surface area (Å²) in [5.41, 5.74) is 0.603. The Morgan fingerprint density at radius 3 is 2.37 bits per heavy atom. The lowest BCUT2D eigenvalue weighted by Crippen LogP contribution is -2.50. The maximum absolute atomic E-state index is 15.2. The fourth-order valence-corrected chi connectivity index (χ4v) is 4.82. The quantitative estimate of drug-likeness (QED) is 0.433. The number of carbonyl (C=O) groups excluding carboxylic acids is 2. The topological polar surface area (TPSA) is 118 Å². The molecule has 1 unspecified atom stereocenters. The Morgan fingerprint density at radius 2 is 1.71 bits per heavy atom. The van der Waals surface area contributed by atoms with E-state index in [4.69, 9.17) is 9.47 Å². The number of hydrogen-bond donors (Lipinski definition) is 2. The Balaban J connectivity index is 1.76. The molecule has 4 rings (SSSR count). The molecule has 0 saturated carbocycles. The van der Waals surface area contributed by atoms with E-state index in [9.17, 15) is 19.5 Å². The van der Waals surface area contributed by atoms with Gasteiger partial charge in [0, 0.05) is 42.0 Å². The minimum Gasteiger partial charge on any atom is -0.496 e. The number of nitrogens with one attached hydrogen (secondary N) is 1. The van der Waals surface area contributed by atoms with E-state index in [2.05, 4.69) is 10.3 Å². The number of carbonyl (C=O) groups is 3. The van der Waals surface area contributed by atoms with Crippen molar-refractivity contribution in [1.29, 1.82) is 0 Å². The third-order valence-corrected chi connectivity index (χ3v) is 6.75. The molecule has 1 amide bonds. The van der Waals surface area contributed by atoms with Gasteiger partial charge in [0.05, 0.1) is 19.8 Å². The smallest absolute Gasteiger partial charge is 0.335 e. The molecule has 1 aliphatic heterocycles. The predicted octanol–water partition coefficient (Wildman–Crippen LogP) is 3.38. The van der Waals surface area contributed by atoms with Gasteiger partial charge in [0.2, 0.25) is 0 Å². The summed E-state index contributed by atoms with van der Waals surface area (Å²) in [6.07, 6.45) is 3.57. The third kappa shape index (κ3) is 5.35. The van der Waals surface area contributed by atoms with Gasteiger partial charge >= 0.3 is 5.97 Å². The first-order valence-electron chi connectivity index (χ1n) is 12.0. The molecule has 2 N–H and O–H groups in total. The second kappa shape index (κ2) is 11.4. The van der Waals surface area contributed by atoms with Gasteiger partial charge in [-0.15, -0.1) is 0 Å². The highest BCUT2D eigenvalue weighted by Crippen LogP contribution is 2.35. The summed E-state index contributed by atoms with van der Waals surface area (Å²) in [7, 11) is 4.53. The molecule has 3 aromatic rings. The first-order chi connectivity index (χ1) is 18.2. The number of aromatic carboxylic acids is 1. The van der Waals surface area contributed by atoms with Crippen molar-refractivity contribution in [1.82, 2.24) is 15.2 Å². The fraction of sp³-hybridized carbons (Fsp3) is 0.286. The Hall–Kier alpha value is -4.31. The van der Waals surface area contributed by atoms with Crippen LogP contribution in [0.5, 0.6) is 11.5 Å². The van der Waals surface area contributed by atoms with E-state index < -0.39 is 29.5 Å². The van der Waals surface area contributed by atoms with E-state index in [0.29, 0.717) is 30.6 Å². The molecule has 0 aliphatic carbocycles. The number of halogens is 1. The standard InChI is InChI=1S/C28H28FN3O6/c1-32-13-10-18(21(15-32)31-27(34)16-8-11-30-12-9-16)20-14-17(4-5-19(20)28(35)36)26(33)24-22(37-2)6-7-23(38-3)25(24)29/h4-9,11-12,14,18,21H,10,13,15H2,1-3H3,(H,31,34)(H,35,36)/t18?,21-/m0/s1. The van der Waals surface area contributed by atoms with Crippen LogP contribution in [-0.4, -0.2) is 73.0 Å². The number of amides is 1. The highest BCUT2D eigenvalue weighted by Gasteiger charge is 2.34. The first kappa shape index (κ1) is 26.7. The molecule has 2 heterocycles. The summed E-state index contributed by atoms with van der Waals surface area (Å²) in [4.78, 5) is 44.6. The van der Waals surface area contributed by atoms with Crippen LogP contribution >= 0.6 is 0 Å². The molecule has 198 valence electrons. The zero-order valence-electron chi connectivity index (χ0n) is 21.2. The van der Waals surface area contributed by atoms with Gasteiger partial charge in [0.1, 0.15) is 11.3 Å². The summed E-state index contributed by atoms with van der Waals surface area (Å²) in [6.45, 7) is 1.12. The molecule has 0 bridgehead atoms. The predicted molar refractivity (Wildman–Crippen MR) is 137 cm³/mol. The molecule has 2 aromatic carbocycles. The maximum atomic E-state index is 15.2. The summed E-state index contributed by atoms with van der Waals surface area (Å²) in [5.74, 6) is -3.53. The van der Waals surface area contributed by atoms with E-state index in [1.807, 2.05) is 11.9 Å². The van der Waals surface area contributed by atoms with E-state index in [0.717, 1.165) is 0 Å². The number of carboxylic acid groups (broad SMARTS) is 1. The molecule has 1 aliphatic rings. The maximum Gasteiger partial charge on any atom is 0.335 e.